The molecule has 0 saturated carbocycles. The molecule has 0 radical (unpaired) electrons. The van der Waals surface area contributed by atoms with Crippen LogP contribution in [-0.4, -0.2) is 40.4 Å². The van der Waals surface area contributed by atoms with Gasteiger partial charge >= 0.3 is 11.9 Å². The van der Waals surface area contributed by atoms with E-state index in [2.05, 4.69) is 0 Å². The van der Waals surface area contributed by atoms with Gasteiger partial charge in [-0.3, -0.25) is 14.1 Å². The predicted octanol–water partition coefficient (Wildman–Crippen LogP) is 4.61. The van der Waals surface area contributed by atoms with E-state index in [1.54, 1.807) is 13.8 Å². The second-order valence-electron chi connectivity index (χ2n) is 7.97. The average Bonchev–Trinajstić information content (AvgIpc) is 2.57. The number of rotatable bonds is 16. The monoisotopic (exact) mass is 422 g/mol. The van der Waals surface area contributed by atoms with Crippen molar-refractivity contribution in [2.45, 2.75) is 97.2 Å². The average molecular weight is 423 g/mol. The topological polar surface area (TPSA) is 129 Å². The molecule has 166 valence electrons. The quantitative estimate of drug-likeness (QED) is 0.245. The maximum atomic E-state index is 12.4. The van der Waals surface area contributed by atoms with Gasteiger partial charge in [-0.1, -0.05) is 79.1 Å². The molecule has 0 saturated heterocycles. The smallest absolute Gasteiger partial charge is 0.325 e. The van der Waals surface area contributed by atoms with Crippen LogP contribution in [0.1, 0.15) is 91.9 Å². The van der Waals surface area contributed by atoms with Crippen molar-refractivity contribution in [3.8, 4) is 0 Å². The number of unbranched alkanes of at least 4 members (excludes halogenated alkanes) is 6. The molecule has 0 aliphatic carbocycles. The number of aliphatic carboxylic acids is 2. The zero-order valence-corrected chi connectivity index (χ0v) is 18.5. The Morgan fingerprint density at radius 3 is 1.46 bits per heavy atom. The minimum Gasteiger partial charge on any atom is -0.481 e. The summed E-state index contributed by atoms with van der Waals surface area (Å²) in [7, 11) is -5.11. The van der Waals surface area contributed by atoms with E-state index in [-0.39, 0.29) is 0 Å². The van der Waals surface area contributed by atoms with Crippen LogP contribution in [-0.2, 0) is 19.7 Å². The maximum Gasteiger partial charge on any atom is 0.325 e. The Balaban J connectivity index is 6.04. The fourth-order valence-electron chi connectivity index (χ4n) is 4.35. The summed E-state index contributed by atoms with van der Waals surface area (Å²) in [5.74, 6) is -4.72. The van der Waals surface area contributed by atoms with Gasteiger partial charge in [-0.2, -0.15) is 8.42 Å². The summed E-state index contributed by atoms with van der Waals surface area (Å²) < 4.78 is 33.7. The summed E-state index contributed by atoms with van der Waals surface area (Å²) in [5, 5.41) is 17.3. The van der Waals surface area contributed by atoms with E-state index in [1.165, 1.54) is 0 Å². The fourth-order valence-corrected chi connectivity index (χ4v) is 5.66. The van der Waals surface area contributed by atoms with Crippen LogP contribution in [0.2, 0.25) is 0 Å². The van der Waals surface area contributed by atoms with Gasteiger partial charge in [0.2, 0.25) is 0 Å². The zero-order chi connectivity index (χ0) is 22.0. The minimum absolute atomic E-state index is 0.394. The molecule has 0 aliphatic heterocycles. The third-order valence-corrected chi connectivity index (χ3v) is 7.13. The molecule has 3 atom stereocenters. The molecule has 0 aromatic heterocycles. The molecule has 7 nitrogen and oxygen atoms in total. The predicted molar refractivity (Wildman–Crippen MR) is 109 cm³/mol. The highest BCUT2D eigenvalue weighted by Crippen LogP contribution is 2.47. The third kappa shape index (κ3) is 7.03. The molecule has 0 spiro atoms. The van der Waals surface area contributed by atoms with Gasteiger partial charge in [0.25, 0.3) is 10.1 Å². The Bertz CT molecular complexity index is 567. The summed E-state index contributed by atoms with van der Waals surface area (Å²) in [6, 6.07) is 0. The van der Waals surface area contributed by atoms with Gasteiger partial charge in [0, 0.05) is 0 Å². The summed E-state index contributed by atoms with van der Waals surface area (Å²) >= 11 is 0. The molecule has 0 amide bonds. The Morgan fingerprint density at radius 1 is 0.821 bits per heavy atom. The van der Waals surface area contributed by atoms with E-state index in [9.17, 15) is 32.8 Å². The molecule has 8 heteroatoms. The van der Waals surface area contributed by atoms with Crippen molar-refractivity contribution in [3.05, 3.63) is 0 Å². The molecular weight excluding hydrogens is 384 g/mol. The Kier molecular flexibility index (Phi) is 11.9. The first-order valence-corrected chi connectivity index (χ1v) is 11.9. The van der Waals surface area contributed by atoms with E-state index in [1.807, 2.05) is 13.8 Å². The largest absolute Gasteiger partial charge is 0.481 e. The first-order valence-electron chi connectivity index (χ1n) is 10.4. The van der Waals surface area contributed by atoms with Crippen LogP contribution in [0.15, 0.2) is 0 Å². The summed E-state index contributed by atoms with van der Waals surface area (Å²) in [5.41, 5.74) is -2.09. The second kappa shape index (κ2) is 12.4. The lowest BCUT2D eigenvalue weighted by molar-refractivity contribution is -0.164. The highest BCUT2D eigenvalue weighted by Gasteiger charge is 2.61. The van der Waals surface area contributed by atoms with E-state index in [4.69, 9.17) is 0 Å². The number of hydrogen-bond donors (Lipinski definition) is 3. The van der Waals surface area contributed by atoms with E-state index >= 15 is 0 Å². The van der Waals surface area contributed by atoms with Crippen LogP contribution in [0.4, 0.5) is 0 Å². The van der Waals surface area contributed by atoms with Crippen molar-refractivity contribution < 1.29 is 32.8 Å². The Hall–Kier alpha value is -1.15. The number of carboxylic acids is 2. The lowest BCUT2D eigenvalue weighted by Gasteiger charge is -2.43. The lowest BCUT2D eigenvalue weighted by atomic mass is 9.62. The lowest BCUT2D eigenvalue weighted by Crippen LogP contribution is -2.58. The van der Waals surface area contributed by atoms with Crippen LogP contribution >= 0.6 is 0 Å². The molecule has 0 heterocycles. The fraction of sp³-hybridized carbons (Fsp3) is 0.900. The van der Waals surface area contributed by atoms with Gasteiger partial charge in [0.05, 0.1) is 0 Å². The first kappa shape index (κ1) is 26.9. The van der Waals surface area contributed by atoms with E-state index in [0.717, 1.165) is 38.5 Å². The Labute approximate surface area is 169 Å². The number of carboxylic acid groups (broad SMARTS) is 2. The number of hydrogen-bond acceptors (Lipinski definition) is 4. The van der Waals surface area contributed by atoms with Gasteiger partial charge in [-0.15, -0.1) is 0 Å². The SMILES string of the molecule is CCCCCCC(C)C(C(=O)O)(C(C)CCCCCC)C(C(=O)O)S(=O)(=O)O. The maximum absolute atomic E-state index is 12.4. The van der Waals surface area contributed by atoms with Gasteiger partial charge in [0.1, 0.15) is 5.41 Å². The van der Waals surface area contributed by atoms with Crippen molar-refractivity contribution in [1.82, 2.24) is 0 Å². The number of carbonyl (C=O) groups is 2. The summed E-state index contributed by atoms with van der Waals surface area (Å²) in [6.07, 6.45) is 7.82. The zero-order valence-electron chi connectivity index (χ0n) is 17.7. The molecule has 0 fully saturated rings. The molecule has 0 rings (SSSR count). The Morgan fingerprint density at radius 2 is 1.21 bits per heavy atom. The highest BCUT2D eigenvalue weighted by atomic mass is 32.2. The minimum atomic E-state index is -5.11. The van der Waals surface area contributed by atoms with E-state index in [0.29, 0.717) is 25.7 Å². The van der Waals surface area contributed by atoms with Crippen LogP contribution in [0.5, 0.6) is 0 Å². The summed E-state index contributed by atoms with van der Waals surface area (Å²) in [4.78, 5) is 24.3. The van der Waals surface area contributed by atoms with Gasteiger partial charge < -0.3 is 10.2 Å². The van der Waals surface area contributed by atoms with Crippen LogP contribution in [0.25, 0.3) is 0 Å². The molecule has 3 N–H and O–H groups in total. The first-order chi connectivity index (χ1) is 13.0. The summed E-state index contributed by atoms with van der Waals surface area (Å²) in [6.45, 7) is 7.29. The van der Waals surface area contributed by atoms with Crippen LogP contribution in [0.3, 0.4) is 0 Å². The van der Waals surface area contributed by atoms with Gasteiger partial charge in [0.15, 0.2) is 5.25 Å². The molecule has 0 aliphatic rings. The third-order valence-electron chi connectivity index (χ3n) is 5.94. The normalized spacial score (nSPS) is 17.5. The molecule has 0 aromatic carbocycles. The molecule has 0 bridgehead atoms. The van der Waals surface area contributed by atoms with Crippen molar-refractivity contribution in [3.63, 3.8) is 0 Å². The van der Waals surface area contributed by atoms with Crippen molar-refractivity contribution in [2.75, 3.05) is 0 Å². The second-order valence-corrected chi connectivity index (χ2v) is 9.47. The van der Waals surface area contributed by atoms with Crippen molar-refractivity contribution in [2.24, 2.45) is 17.3 Å². The van der Waals surface area contributed by atoms with Gasteiger partial charge in [-0.05, 0) is 24.7 Å². The van der Waals surface area contributed by atoms with Crippen LogP contribution < -0.4 is 0 Å². The van der Waals surface area contributed by atoms with Crippen LogP contribution in [0, 0.1) is 17.3 Å². The molecular formula is C20H38O7S. The molecule has 0 aromatic rings. The molecule has 3 unspecified atom stereocenters. The van der Waals surface area contributed by atoms with Gasteiger partial charge in [-0.25, -0.2) is 0 Å². The van der Waals surface area contributed by atoms with Crippen molar-refractivity contribution >= 4 is 22.1 Å². The molecule has 28 heavy (non-hydrogen) atoms. The van der Waals surface area contributed by atoms with Crippen molar-refractivity contribution in [1.29, 1.82) is 0 Å². The van der Waals surface area contributed by atoms with E-state index < -0.39 is 44.6 Å². The standard InChI is InChI=1S/C20H38O7S/c1-5-7-9-11-13-15(3)20(19(23)24,16(4)14-12-10-8-6-2)17(18(21)22)28(25,26)27/h15-17H,5-14H2,1-4H3,(H,21,22)(H,23,24)(H,25,26,27). The highest BCUT2D eigenvalue weighted by molar-refractivity contribution is 7.87.